The molecule has 3 aromatic carbocycles. The molecule has 2 nitrogen and oxygen atoms in total. The first-order chi connectivity index (χ1) is 10.6. The highest BCUT2D eigenvalue weighted by Gasteiger charge is 2.15. The Balaban J connectivity index is 0.00000192. The Labute approximate surface area is 143 Å². The third-order valence-electron chi connectivity index (χ3n) is 4.12. The van der Waals surface area contributed by atoms with E-state index < -0.39 is 0 Å². The normalized spacial score (nSPS) is 12.1. The number of fused-ring (bicyclic) bond motifs is 1. The van der Waals surface area contributed by atoms with E-state index in [-0.39, 0.29) is 18.4 Å². The maximum absolute atomic E-state index is 9.73. The Morgan fingerprint density at radius 1 is 0.870 bits per heavy atom. The van der Waals surface area contributed by atoms with E-state index in [1.165, 1.54) is 16.3 Å². The maximum atomic E-state index is 9.73. The smallest absolute Gasteiger partial charge is 0.115 e. The molecule has 3 aromatic rings. The fourth-order valence-electron chi connectivity index (χ4n) is 2.92. The minimum atomic E-state index is 0. The standard InChI is InChI=1S/C20H21NO.ClH/c1-21(2)20(18-8-5-9-19(22)14-18)13-15-10-11-16-6-3-4-7-17(16)12-15;/h3-12,14,20,22H,13H2,1-2H3;1H. The van der Waals surface area contributed by atoms with Crippen molar-refractivity contribution in [3.05, 3.63) is 77.9 Å². The Hall–Kier alpha value is -2.03. The topological polar surface area (TPSA) is 23.5 Å². The van der Waals surface area contributed by atoms with Gasteiger partial charge in [0.25, 0.3) is 0 Å². The average Bonchev–Trinajstić information content (AvgIpc) is 2.52. The van der Waals surface area contributed by atoms with Gasteiger partial charge in [0, 0.05) is 6.04 Å². The molecule has 0 saturated heterocycles. The van der Waals surface area contributed by atoms with Crippen molar-refractivity contribution in [3.8, 4) is 5.75 Å². The van der Waals surface area contributed by atoms with Crippen molar-refractivity contribution in [1.29, 1.82) is 0 Å². The van der Waals surface area contributed by atoms with Crippen molar-refractivity contribution in [2.45, 2.75) is 12.5 Å². The number of hydrogen-bond donors (Lipinski definition) is 1. The molecule has 0 aliphatic heterocycles. The molecule has 3 heteroatoms. The third-order valence-corrected chi connectivity index (χ3v) is 4.12. The predicted octanol–water partition coefficient (Wildman–Crippen LogP) is 4.81. The van der Waals surface area contributed by atoms with Crippen LogP contribution >= 0.6 is 12.4 Å². The lowest BCUT2D eigenvalue weighted by Gasteiger charge is -2.25. The van der Waals surface area contributed by atoms with Gasteiger partial charge in [0.05, 0.1) is 0 Å². The molecule has 0 saturated carbocycles. The molecular formula is C20H22ClNO. The van der Waals surface area contributed by atoms with Crippen molar-refractivity contribution >= 4 is 23.2 Å². The number of hydrogen-bond acceptors (Lipinski definition) is 2. The molecule has 0 fully saturated rings. The summed E-state index contributed by atoms with van der Waals surface area (Å²) in [5.74, 6) is 0.322. The van der Waals surface area contributed by atoms with E-state index in [0.29, 0.717) is 5.75 Å². The van der Waals surface area contributed by atoms with E-state index in [9.17, 15) is 5.11 Å². The lowest BCUT2D eigenvalue weighted by Crippen LogP contribution is -2.22. The molecule has 0 aromatic heterocycles. The zero-order valence-corrected chi connectivity index (χ0v) is 14.3. The van der Waals surface area contributed by atoms with Crippen LogP contribution in [-0.4, -0.2) is 24.1 Å². The van der Waals surface area contributed by atoms with Crippen LogP contribution in [0.5, 0.6) is 5.75 Å². The summed E-state index contributed by atoms with van der Waals surface area (Å²) < 4.78 is 0. The number of phenols is 1. The quantitative estimate of drug-likeness (QED) is 0.743. The molecule has 3 rings (SSSR count). The third kappa shape index (κ3) is 4.04. The highest BCUT2D eigenvalue weighted by atomic mass is 35.5. The van der Waals surface area contributed by atoms with E-state index >= 15 is 0 Å². The van der Waals surface area contributed by atoms with Crippen molar-refractivity contribution in [1.82, 2.24) is 4.90 Å². The van der Waals surface area contributed by atoms with Crippen LogP contribution in [0.3, 0.4) is 0 Å². The molecule has 0 heterocycles. The van der Waals surface area contributed by atoms with Crippen molar-refractivity contribution in [2.75, 3.05) is 14.1 Å². The van der Waals surface area contributed by atoms with Crippen LogP contribution in [0.4, 0.5) is 0 Å². The van der Waals surface area contributed by atoms with Gasteiger partial charge in [-0.3, -0.25) is 0 Å². The summed E-state index contributed by atoms with van der Waals surface area (Å²) in [6.45, 7) is 0. The lowest BCUT2D eigenvalue weighted by molar-refractivity contribution is 0.297. The Kier molecular flexibility index (Phi) is 5.64. The molecule has 0 amide bonds. The van der Waals surface area contributed by atoms with Gasteiger partial charge >= 0.3 is 0 Å². The summed E-state index contributed by atoms with van der Waals surface area (Å²) in [7, 11) is 4.16. The van der Waals surface area contributed by atoms with Crippen molar-refractivity contribution in [2.24, 2.45) is 0 Å². The van der Waals surface area contributed by atoms with Gasteiger partial charge < -0.3 is 10.0 Å². The van der Waals surface area contributed by atoms with E-state index in [1.54, 1.807) is 6.07 Å². The highest BCUT2D eigenvalue weighted by Crippen LogP contribution is 2.27. The lowest BCUT2D eigenvalue weighted by atomic mass is 9.96. The minimum Gasteiger partial charge on any atom is -0.508 e. The van der Waals surface area contributed by atoms with E-state index in [0.717, 1.165) is 12.0 Å². The molecule has 0 bridgehead atoms. The first-order valence-corrected chi connectivity index (χ1v) is 7.56. The van der Waals surface area contributed by atoms with Gasteiger partial charge in [-0.15, -0.1) is 12.4 Å². The second kappa shape index (κ2) is 7.49. The van der Waals surface area contributed by atoms with Gasteiger partial charge in [0.2, 0.25) is 0 Å². The van der Waals surface area contributed by atoms with Crippen LogP contribution in [0.1, 0.15) is 17.2 Å². The molecule has 23 heavy (non-hydrogen) atoms. The monoisotopic (exact) mass is 327 g/mol. The molecular weight excluding hydrogens is 306 g/mol. The Morgan fingerprint density at radius 3 is 2.30 bits per heavy atom. The van der Waals surface area contributed by atoms with E-state index in [2.05, 4.69) is 67.5 Å². The van der Waals surface area contributed by atoms with Crippen LogP contribution in [0.2, 0.25) is 0 Å². The second-order valence-electron chi connectivity index (χ2n) is 5.96. The van der Waals surface area contributed by atoms with E-state index in [1.807, 2.05) is 12.1 Å². The summed E-state index contributed by atoms with van der Waals surface area (Å²) in [5.41, 5.74) is 2.44. The van der Waals surface area contributed by atoms with Crippen LogP contribution < -0.4 is 0 Å². The Bertz CT molecular complexity index is 785. The molecule has 0 radical (unpaired) electrons. The van der Waals surface area contributed by atoms with Crippen molar-refractivity contribution < 1.29 is 5.11 Å². The Morgan fingerprint density at radius 2 is 1.61 bits per heavy atom. The van der Waals surface area contributed by atoms with Gasteiger partial charge in [0.1, 0.15) is 5.75 Å². The number of likely N-dealkylation sites (N-methyl/N-ethyl adjacent to an activating group) is 1. The zero-order chi connectivity index (χ0) is 15.5. The van der Waals surface area contributed by atoms with Gasteiger partial charge in [-0.25, -0.2) is 0 Å². The summed E-state index contributed by atoms with van der Waals surface area (Å²) in [6.07, 6.45) is 0.918. The number of halogens is 1. The highest BCUT2D eigenvalue weighted by molar-refractivity contribution is 5.85. The number of rotatable bonds is 4. The van der Waals surface area contributed by atoms with Crippen LogP contribution in [0, 0.1) is 0 Å². The predicted molar refractivity (Wildman–Crippen MR) is 99.4 cm³/mol. The average molecular weight is 328 g/mol. The molecule has 0 aliphatic rings. The summed E-state index contributed by atoms with van der Waals surface area (Å²) >= 11 is 0. The minimum absolute atomic E-state index is 0. The number of nitrogens with zero attached hydrogens (tertiary/aromatic N) is 1. The first kappa shape index (κ1) is 17.3. The van der Waals surface area contributed by atoms with Crippen LogP contribution in [0.25, 0.3) is 10.8 Å². The number of aromatic hydroxyl groups is 1. The number of benzene rings is 3. The number of phenolic OH excluding ortho intramolecular Hbond substituents is 1. The summed E-state index contributed by atoms with van der Waals surface area (Å²) in [4.78, 5) is 2.20. The molecule has 1 atom stereocenters. The summed E-state index contributed by atoms with van der Waals surface area (Å²) in [5, 5.41) is 12.3. The van der Waals surface area contributed by atoms with Gasteiger partial charge in [0.15, 0.2) is 0 Å². The fraction of sp³-hybridized carbons (Fsp3) is 0.200. The van der Waals surface area contributed by atoms with Crippen LogP contribution in [0.15, 0.2) is 66.7 Å². The summed E-state index contributed by atoms with van der Waals surface area (Å²) in [6, 6.07) is 22.9. The van der Waals surface area contributed by atoms with Crippen molar-refractivity contribution in [3.63, 3.8) is 0 Å². The molecule has 1 N–H and O–H groups in total. The van der Waals surface area contributed by atoms with Gasteiger partial charge in [-0.2, -0.15) is 0 Å². The zero-order valence-electron chi connectivity index (χ0n) is 13.4. The van der Waals surface area contributed by atoms with Crippen LogP contribution in [-0.2, 0) is 6.42 Å². The van der Waals surface area contributed by atoms with Gasteiger partial charge in [-0.1, -0.05) is 54.6 Å². The largest absolute Gasteiger partial charge is 0.508 e. The maximum Gasteiger partial charge on any atom is 0.115 e. The first-order valence-electron chi connectivity index (χ1n) is 7.56. The van der Waals surface area contributed by atoms with E-state index in [4.69, 9.17) is 0 Å². The molecule has 120 valence electrons. The second-order valence-corrected chi connectivity index (χ2v) is 5.96. The SMILES string of the molecule is CN(C)C(Cc1ccc2ccccc2c1)c1cccc(O)c1.Cl. The fourth-order valence-corrected chi connectivity index (χ4v) is 2.92. The molecule has 1 unspecified atom stereocenters. The molecule has 0 spiro atoms. The van der Waals surface area contributed by atoms with Gasteiger partial charge in [-0.05, 0) is 54.5 Å². The molecule has 0 aliphatic carbocycles.